The van der Waals surface area contributed by atoms with Crippen LogP contribution in [0, 0.1) is 5.92 Å². The average Bonchev–Trinajstić information content (AvgIpc) is 2.50. The summed E-state index contributed by atoms with van der Waals surface area (Å²) in [6, 6.07) is 0.265. The van der Waals surface area contributed by atoms with E-state index in [9.17, 15) is 14.8 Å². The number of unbranched alkanes of at least 4 members (excludes halogenated alkanes) is 1. The van der Waals surface area contributed by atoms with E-state index < -0.39 is 0 Å². The molecule has 1 rings (SSSR count). The third-order valence-electron chi connectivity index (χ3n) is 4.37. The second kappa shape index (κ2) is 9.00. The number of nitrogens with zero attached hydrogens (tertiary/aromatic N) is 3. The molecule has 1 N–H and O–H groups in total. The van der Waals surface area contributed by atoms with Crippen LogP contribution in [0.1, 0.15) is 39.0 Å². The van der Waals surface area contributed by atoms with Crippen molar-refractivity contribution in [2.24, 2.45) is 5.92 Å². The van der Waals surface area contributed by atoms with Crippen molar-refractivity contribution in [1.29, 1.82) is 0 Å². The number of likely N-dealkylation sites (tertiary alicyclic amines) is 1. The first-order chi connectivity index (χ1) is 9.99. The fourth-order valence-electron chi connectivity index (χ4n) is 2.86. The Labute approximate surface area is 127 Å². The maximum Gasteiger partial charge on any atom is 0.233 e. The van der Waals surface area contributed by atoms with Crippen LogP contribution < -0.4 is 0 Å². The van der Waals surface area contributed by atoms with Crippen molar-refractivity contribution < 1.29 is 14.8 Å². The highest BCUT2D eigenvalue weighted by atomic mass is 16.5. The Morgan fingerprint density at radius 3 is 2.57 bits per heavy atom. The number of rotatable bonds is 8. The summed E-state index contributed by atoms with van der Waals surface area (Å²) in [7, 11) is 3.94. The van der Waals surface area contributed by atoms with E-state index in [0.717, 1.165) is 38.8 Å². The fourth-order valence-corrected chi connectivity index (χ4v) is 2.86. The van der Waals surface area contributed by atoms with E-state index in [1.807, 2.05) is 11.9 Å². The molecule has 0 bridgehead atoms. The SMILES string of the molecule is CCCC[C@H](CN(O)C=O)C(=O)N(C)C1CCN(C)CC1. The molecule has 0 unspecified atom stereocenters. The molecule has 0 aromatic rings. The number of hydrogen-bond acceptors (Lipinski definition) is 4. The van der Waals surface area contributed by atoms with E-state index in [0.29, 0.717) is 17.9 Å². The third kappa shape index (κ3) is 5.63. The van der Waals surface area contributed by atoms with Gasteiger partial charge >= 0.3 is 0 Å². The van der Waals surface area contributed by atoms with Crippen LogP contribution >= 0.6 is 0 Å². The van der Waals surface area contributed by atoms with E-state index in [4.69, 9.17) is 0 Å². The molecule has 6 heteroatoms. The van der Waals surface area contributed by atoms with Gasteiger partial charge in [-0.25, -0.2) is 5.06 Å². The van der Waals surface area contributed by atoms with Crippen molar-refractivity contribution in [3.05, 3.63) is 0 Å². The molecule has 21 heavy (non-hydrogen) atoms. The molecule has 2 amide bonds. The number of hydroxylamine groups is 2. The molecule has 122 valence electrons. The van der Waals surface area contributed by atoms with Crippen molar-refractivity contribution in [3.63, 3.8) is 0 Å². The molecule has 0 spiro atoms. The number of carbonyl (C=O) groups is 2. The minimum Gasteiger partial charge on any atom is -0.342 e. The summed E-state index contributed by atoms with van der Waals surface area (Å²) in [5.41, 5.74) is 0. The summed E-state index contributed by atoms with van der Waals surface area (Å²) in [5, 5.41) is 9.98. The van der Waals surface area contributed by atoms with Gasteiger partial charge < -0.3 is 9.80 Å². The smallest absolute Gasteiger partial charge is 0.233 e. The van der Waals surface area contributed by atoms with Gasteiger partial charge in [0, 0.05) is 13.1 Å². The molecule has 1 fully saturated rings. The van der Waals surface area contributed by atoms with Crippen LogP contribution in [0.15, 0.2) is 0 Å². The Morgan fingerprint density at radius 2 is 2.05 bits per heavy atom. The Morgan fingerprint density at radius 1 is 1.43 bits per heavy atom. The fraction of sp³-hybridized carbons (Fsp3) is 0.867. The number of amides is 2. The summed E-state index contributed by atoms with van der Waals surface area (Å²) in [6.45, 7) is 4.16. The zero-order valence-electron chi connectivity index (χ0n) is 13.5. The zero-order chi connectivity index (χ0) is 15.8. The van der Waals surface area contributed by atoms with Crippen molar-refractivity contribution in [2.45, 2.75) is 45.1 Å². The van der Waals surface area contributed by atoms with Crippen LogP contribution in [0.3, 0.4) is 0 Å². The van der Waals surface area contributed by atoms with Gasteiger partial charge in [-0.3, -0.25) is 14.8 Å². The highest BCUT2D eigenvalue weighted by Crippen LogP contribution is 2.19. The van der Waals surface area contributed by atoms with Crippen molar-refractivity contribution in [2.75, 3.05) is 33.7 Å². The van der Waals surface area contributed by atoms with Gasteiger partial charge in [0.05, 0.1) is 12.5 Å². The van der Waals surface area contributed by atoms with Crippen LogP contribution in [0.5, 0.6) is 0 Å². The van der Waals surface area contributed by atoms with E-state index in [-0.39, 0.29) is 24.4 Å². The van der Waals surface area contributed by atoms with Crippen LogP contribution in [-0.4, -0.2) is 72.2 Å². The standard InChI is InChI=1S/C15H29N3O3/c1-4-5-6-13(11-18(21)12-19)15(20)17(3)14-7-9-16(2)10-8-14/h12-14,21H,4-11H2,1-3H3/t13-/m1/s1. The van der Waals surface area contributed by atoms with E-state index in [1.54, 1.807) is 0 Å². The lowest BCUT2D eigenvalue weighted by Crippen LogP contribution is -2.48. The highest BCUT2D eigenvalue weighted by molar-refractivity contribution is 5.79. The summed E-state index contributed by atoms with van der Waals surface area (Å²) >= 11 is 0. The van der Waals surface area contributed by atoms with Gasteiger partial charge in [-0.2, -0.15) is 0 Å². The van der Waals surface area contributed by atoms with Crippen LogP contribution in [-0.2, 0) is 9.59 Å². The van der Waals surface area contributed by atoms with Gasteiger partial charge in [-0.05, 0) is 39.4 Å². The predicted octanol–water partition coefficient (Wildman–Crippen LogP) is 1.19. The first-order valence-electron chi connectivity index (χ1n) is 7.85. The molecule has 1 aliphatic heterocycles. The first kappa shape index (κ1) is 17.9. The Bertz CT molecular complexity index is 330. The molecular weight excluding hydrogens is 270 g/mol. The van der Waals surface area contributed by atoms with Crippen molar-refractivity contribution >= 4 is 12.3 Å². The second-order valence-corrected chi connectivity index (χ2v) is 6.05. The molecule has 0 aliphatic carbocycles. The van der Waals surface area contributed by atoms with Crippen LogP contribution in [0.25, 0.3) is 0 Å². The monoisotopic (exact) mass is 299 g/mol. The lowest BCUT2D eigenvalue weighted by atomic mass is 9.97. The van der Waals surface area contributed by atoms with E-state index in [2.05, 4.69) is 18.9 Å². The topological polar surface area (TPSA) is 64.1 Å². The molecule has 1 atom stereocenters. The number of carbonyl (C=O) groups excluding carboxylic acids is 2. The summed E-state index contributed by atoms with van der Waals surface area (Å²) in [4.78, 5) is 27.3. The Kier molecular flexibility index (Phi) is 7.67. The summed E-state index contributed by atoms with van der Waals surface area (Å²) in [5.74, 6) is -0.274. The van der Waals surface area contributed by atoms with Crippen molar-refractivity contribution in [3.8, 4) is 0 Å². The maximum absolute atomic E-state index is 12.6. The minimum absolute atomic E-state index is 0.0407. The molecule has 1 saturated heterocycles. The predicted molar refractivity (Wildman–Crippen MR) is 80.9 cm³/mol. The normalized spacial score (nSPS) is 18.3. The van der Waals surface area contributed by atoms with Gasteiger partial charge in [-0.1, -0.05) is 19.8 Å². The van der Waals surface area contributed by atoms with E-state index >= 15 is 0 Å². The first-order valence-corrected chi connectivity index (χ1v) is 7.85. The Hall–Kier alpha value is -1.14. The molecule has 0 aromatic heterocycles. The van der Waals surface area contributed by atoms with Gasteiger partial charge in [-0.15, -0.1) is 0 Å². The molecular formula is C15H29N3O3. The summed E-state index contributed by atoms with van der Waals surface area (Å²) in [6.07, 6.45) is 4.95. The van der Waals surface area contributed by atoms with Gasteiger partial charge in [0.1, 0.15) is 0 Å². The van der Waals surface area contributed by atoms with Crippen LogP contribution in [0.2, 0.25) is 0 Å². The zero-order valence-corrected chi connectivity index (χ0v) is 13.5. The lowest BCUT2D eigenvalue weighted by Gasteiger charge is -2.37. The number of piperidine rings is 1. The Balaban J connectivity index is 2.62. The minimum atomic E-state index is -0.315. The maximum atomic E-state index is 12.6. The quantitative estimate of drug-likeness (QED) is 0.415. The lowest BCUT2D eigenvalue weighted by molar-refractivity contribution is -0.157. The molecule has 1 heterocycles. The molecule has 6 nitrogen and oxygen atoms in total. The third-order valence-corrected chi connectivity index (χ3v) is 4.37. The molecule has 0 saturated carbocycles. The molecule has 0 radical (unpaired) electrons. The van der Waals surface area contributed by atoms with Gasteiger partial charge in [0.25, 0.3) is 0 Å². The highest BCUT2D eigenvalue weighted by Gasteiger charge is 2.29. The second-order valence-electron chi connectivity index (χ2n) is 6.05. The molecule has 0 aromatic carbocycles. The van der Waals surface area contributed by atoms with E-state index in [1.165, 1.54) is 0 Å². The average molecular weight is 299 g/mol. The van der Waals surface area contributed by atoms with Gasteiger partial charge in [0.15, 0.2) is 0 Å². The van der Waals surface area contributed by atoms with Crippen LogP contribution in [0.4, 0.5) is 0 Å². The van der Waals surface area contributed by atoms with Crippen molar-refractivity contribution in [1.82, 2.24) is 14.9 Å². The number of hydrogen-bond donors (Lipinski definition) is 1. The molecule has 1 aliphatic rings. The summed E-state index contributed by atoms with van der Waals surface area (Å²) < 4.78 is 0. The largest absolute Gasteiger partial charge is 0.342 e. The van der Waals surface area contributed by atoms with Gasteiger partial charge in [0.2, 0.25) is 12.3 Å².